The Morgan fingerprint density at radius 3 is 2.79 bits per heavy atom. The Balaban J connectivity index is 2.18. The van der Waals surface area contributed by atoms with E-state index in [1.807, 2.05) is 0 Å². The monoisotopic (exact) mass is 324 g/mol. The average Bonchev–Trinajstić information content (AvgIpc) is 2.69. The Morgan fingerprint density at radius 2 is 2.16 bits per heavy atom. The van der Waals surface area contributed by atoms with Crippen LogP contribution in [0.1, 0.15) is 39.2 Å². The van der Waals surface area contributed by atoms with E-state index in [-0.39, 0.29) is 0 Å². The van der Waals surface area contributed by atoms with Crippen molar-refractivity contribution in [1.82, 2.24) is 5.32 Å². The van der Waals surface area contributed by atoms with Gasteiger partial charge >= 0.3 is 0 Å². The summed E-state index contributed by atoms with van der Waals surface area (Å²) >= 11 is 3.59. The smallest absolute Gasteiger partial charge is 0.0415 e. The number of nitrogens with zero attached hydrogens (tertiary/aromatic N) is 1. The lowest BCUT2D eigenvalue weighted by Crippen LogP contribution is -2.28. The summed E-state index contributed by atoms with van der Waals surface area (Å²) < 4.78 is 1.17. The predicted molar refractivity (Wildman–Crippen MR) is 86.7 cm³/mol. The summed E-state index contributed by atoms with van der Waals surface area (Å²) in [6.07, 6.45) is 2.48. The molecule has 1 aromatic rings. The lowest BCUT2D eigenvalue weighted by Gasteiger charge is -2.27. The number of benzene rings is 1. The van der Waals surface area contributed by atoms with Crippen LogP contribution < -0.4 is 10.2 Å². The van der Waals surface area contributed by atoms with E-state index in [2.05, 4.69) is 65.1 Å². The third kappa shape index (κ3) is 3.73. The summed E-state index contributed by atoms with van der Waals surface area (Å²) in [6.45, 7) is 10.1. The quantitative estimate of drug-likeness (QED) is 0.817. The fraction of sp³-hybridized carbons (Fsp3) is 0.625. The molecule has 0 amide bonds. The molecule has 1 heterocycles. The van der Waals surface area contributed by atoms with Crippen molar-refractivity contribution in [2.24, 2.45) is 5.92 Å². The zero-order valence-electron chi connectivity index (χ0n) is 12.2. The summed E-state index contributed by atoms with van der Waals surface area (Å²) in [4.78, 5) is 2.57. The lowest BCUT2D eigenvalue weighted by atomic mass is 10.1. The van der Waals surface area contributed by atoms with Gasteiger partial charge in [0.25, 0.3) is 0 Å². The van der Waals surface area contributed by atoms with Crippen LogP contribution in [0.5, 0.6) is 0 Å². The highest BCUT2D eigenvalue weighted by atomic mass is 79.9. The third-order valence-corrected chi connectivity index (χ3v) is 4.37. The van der Waals surface area contributed by atoms with Gasteiger partial charge in [0.2, 0.25) is 0 Å². The van der Waals surface area contributed by atoms with Crippen molar-refractivity contribution in [3.63, 3.8) is 0 Å². The van der Waals surface area contributed by atoms with E-state index < -0.39 is 0 Å². The summed E-state index contributed by atoms with van der Waals surface area (Å²) in [5, 5.41) is 3.52. The van der Waals surface area contributed by atoms with Crippen molar-refractivity contribution in [3.05, 3.63) is 28.2 Å². The molecule has 3 heteroatoms. The van der Waals surface area contributed by atoms with Crippen LogP contribution >= 0.6 is 15.9 Å². The minimum Gasteiger partial charge on any atom is -0.368 e. The topological polar surface area (TPSA) is 15.3 Å². The highest BCUT2D eigenvalue weighted by Crippen LogP contribution is 2.32. The SMILES string of the molecule is CCCNCc1cc(Br)ccc1N1CC(C)CC1C. The Labute approximate surface area is 125 Å². The molecule has 1 aliphatic rings. The van der Waals surface area contributed by atoms with E-state index in [0.29, 0.717) is 6.04 Å². The Morgan fingerprint density at radius 1 is 1.37 bits per heavy atom. The molecule has 1 aromatic carbocycles. The first kappa shape index (κ1) is 14.9. The molecule has 2 nitrogen and oxygen atoms in total. The zero-order chi connectivity index (χ0) is 13.8. The van der Waals surface area contributed by atoms with Gasteiger partial charge in [0.15, 0.2) is 0 Å². The lowest BCUT2D eigenvalue weighted by molar-refractivity contribution is 0.625. The number of halogens is 1. The summed E-state index contributed by atoms with van der Waals surface area (Å²) in [5.41, 5.74) is 2.81. The van der Waals surface area contributed by atoms with Gasteiger partial charge in [0.1, 0.15) is 0 Å². The molecule has 0 radical (unpaired) electrons. The molecule has 106 valence electrons. The maximum atomic E-state index is 3.59. The normalized spacial score (nSPS) is 23.1. The van der Waals surface area contributed by atoms with Crippen molar-refractivity contribution < 1.29 is 0 Å². The Kier molecular flexibility index (Phi) is 5.28. The predicted octanol–water partition coefficient (Wildman–Crippen LogP) is 4.18. The van der Waals surface area contributed by atoms with Gasteiger partial charge in [-0.15, -0.1) is 0 Å². The average molecular weight is 325 g/mol. The molecule has 2 unspecified atom stereocenters. The minimum atomic E-state index is 0.654. The fourth-order valence-corrected chi connectivity index (χ4v) is 3.42. The van der Waals surface area contributed by atoms with E-state index in [4.69, 9.17) is 0 Å². The molecular weight excluding hydrogens is 300 g/mol. The Hall–Kier alpha value is -0.540. The maximum Gasteiger partial charge on any atom is 0.0415 e. The molecule has 0 aliphatic carbocycles. The van der Waals surface area contributed by atoms with Gasteiger partial charge < -0.3 is 10.2 Å². The van der Waals surface area contributed by atoms with Gasteiger partial charge in [0, 0.05) is 29.3 Å². The second-order valence-corrected chi connectivity index (χ2v) is 6.71. The number of hydrogen-bond donors (Lipinski definition) is 1. The Bertz CT molecular complexity index is 419. The van der Waals surface area contributed by atoms with E-state index in [9.17, 15) is 0 Å². The van der Waals surface area contributed by atoms with Crippen molar-refractivity contribution in [1.29, 1.82) is 0 Å². The summed E-state index contributed by atoms with van der Waals surface area (Å²) in [6, 6.07) is 7.34. The van der Waals surface area contributed by atoms with Crippen molar-refractivity contribution in [3.8, 4) is 0 Å². The van der Waals surface area contributed by atoms with E-state index >= 15 is 0 Å². The second-order valence-electron chi connectivity index (χ2n) is 5.79. The first-order chi connectivity index (χ1) is 9.11. The van der Waals surface area contributed by atoms with E-state index in [1.54, 1.807) is 0 Å². The van der Waals surface area contributed by atoms with Crippen LogP contribution in [0.3, 0.4) is 0 Å². The molecule has 0 spiro atoms. The van der Waals surface area contributed by atoms with Crippen molar-refractivity contribution in [2.45, 2.75) is 46.2 Å². The van der Waals surface area contributed by atoms with Crippen molar-refractivity contribution >= 4 is 21.6 Å². The zero-order valence-corrected chi connectivity index (χ0v) is 13.8. The molecular formula is C16H25BrN2. The third-order valence-electron chi connectivity index (χ3n) is 3.88. The van der Waals surface area contributed by atoms with Crippen molar-refractivity contribution in [2.75, 3.05) is 18.0 Å². The first-order valence-electron chi connectivity index (χ1n) is 7.37. The molecule has 19 heavy (non-hydrogen) atoms. The summed E-state index contributed by atoms with van der Waals surface area (Å²) in [7, 11) is 0. The van der Waals surface area contributed by atoms with Crippen LogP contribution in [0.25, 0.3) is 0 Å². The molecule has 1 fully saturated rings. The van der Waals surface area contributed by atoms with Gasteiger partial charge in [-0.05, 0) is 56.0 Å². The highest BCUT2D eigenvalue weighted by Gasteiger charge is 2.27. The van der Waals surface area contributed by atoms with Gasteiger partial charge in [-0.2, -0.15) is 0 Å². The van der Waals surface area contributed by atoms with Gasteiger partial charge in [-0.1, -0.05) is 29.8 Å². The minimum absolute atomic E-state index is 0.654. The van der Waals surface area contributed by atoms with Crippen LogP contribution in [-0.2, 0) is 6.54 Å². The molecule has 1 saturated heterocycles. The number of rotatable bonds is 5. The van der Waals surface area contributed by atoms with Crippen LogP contribution in [0.2, 0.25) is 0 Å². The number of anilines is 1. The molecule has 0 aromatic heterocycles. The van der Waals surface area contributed by atoms with E-state index in [0.717, 1.165) is 19.0 Å². The van der Waals surface area contributed by atoms with Crippen LogP contribution in [0.4, 0.5) is 5.69 Å². The molecule has 1 aliphatic heterocycles. The molecule has 2 atom stereocenters. The second kappa shape index (κ2) is 6.76. The molecule has 1 N–H and O–H groups in total. The van der Waals surface area contributed by atoms with Gasteiger partial charge in [0.05, 0.1) is 0 Å². The first-order valence-corrected chi connectivity index (χ1v) is 8.17. The number of nitrogens with one attached hydrogen (secondary N) is 1. The fourth-order valence-electron chi connectivity index (χ4n) is 3.01. The van der Waals surface area contributed by atoms with Crippen LogP contribution in [0, 0.1) is 5.92 Å². The van der Waals surface area contributed by atoms with E-state index in [1.165, 1.54) is 35.1 Å². The van der Waals surface area contributed by atoms with Gasteiger partial charge in [-0.3, -0.25) is 0 Å². The van der Waals surface area contributed by atoms with Crippen LogP contribution in [0.15, 0.2) is 22.7 Å². The molecule has 0 bridgehead atoms. The maximum absolute atomic E-state index is 3.59. The standard InChI is InChI=1S/C16H25BrN2/c1-4-7-18-10-14-9-15(17)5-6-16(14)19-11-12(2)8-13(19)3/h5-6,9,12-13,18H,4,7-8,10-11H2,1-3H3. The number of hydrogen-bond acceptors (Lipinski definition) is 2. The molecule has 0 saturated carbocycles. The largest absolute Gasteiger partial charge is 0.368 e. The van der Waals surface area contributed by atoms with Gasteiger partial charge in [-0.25, -0.2) is 0 Å². The van der Waals surface area contributed by atoms with Crippen LogP contribution in [-0.4, -0.2) is 19.1 Å². The highest BCUT2D eigenvalue weighted by molar-refractivity contribution is 9.10. The summed E-state index contributed by atoms with van der Waals surface area (Å²) in [5.74, 6) is 0.801. The molecule has 2 rings (SSSR count).